The van der Waals surface area contributed by atoms with Crippen molar-refractivity contribution < 1.29 is 19.4 Å². The molecular weight excluding hydrogens is 374 g/mol. The minimum absolute atomic E-state index is 0.0216. The highest BCUT2D eigenvalue weighted by molar-refractivity contribution is 6.39. The summed E-state index contributed by atoms with van der Waals surface area (Å²) in [6.45, 7) is 0.243. The van der Waals surface area contributed by atoms with Crippen molar-refractivity contribution in [3.05, 3.63) is 64.2 Å². The third-order valence-electron chi connectivity index (χ3n) is 4.53. The standard InChI is InChI=1S/C20H25N5O4/c1-23(2)15-11-9-14(10-12-15)18(24(3)4)13-21-19(26)20(27)22-16-7-5-6-8-17(16)25(28)29/h5-12,18H,13H2,1-4H3,(H,21,26)(H,22,27)/p+1/t18-/m0/s1. The van der Waals surface area contributed by atoms with E-state index in [0.29, 0.717) is 0 Å². The van der Waals surface area contributed by atoms with E-state index in [1.54, 1.807) is 6.07 Å². The lowest BCUT2D eigenvalue weighted by atomic mass is 10.1. The molecule has 9 heteroatoms. The highest BCUT2D eigenvalue weighted by atomic mass is 16.6. The van der Waals surface area contributed by atoms with Crippen molar-refractivity contribution in [1.82, 2.24) is 5.32 Å². The van der Waals surface area contributed by atoms with E-state index in [1.807, 2.05) is 57.4 Å². The molecule has 0 aliphatic carbocycles. The average molecular weight is 400 g/mol. The van der Waals surface area contributed by atoms with Crippen molar-refractivity contribution in [2.24, 2.45) is 0 Å². The summed E-state index contributed by atoms with van der Waals surface area (Å²) in [5, 5.41) is 15.9. The summed E-state index contributed by atoms with van der Waals surface area (Å²) >= 11 is 0. The van der Waals surface area contributed by atoms with Crippen molar-refractivity contribution in [3.63, 3.8) is 0 Å². The van der Waals surface area contributed by atoms with Gasteiger partial charge in [0.05, 0.1) is 25.6 Å². The van der Waals surface area contributed by atoms with Crippen molar-refractivity contribution >= 4 is 28.9 Å². The molecule has 29 heavy (non-hydrogen) atoms. The van der Waals surface area contributed by atoms with Crippen LogP contribution in [0.2, 0.25) is 0 Å². The number of nitrogens with zero attached hydrogens (tertiary/aromatic N) is 2. The van der Waals surface area contributed by atoms with Gasteiger partial charge in [0.1, 0.15) is 11.7 Å². The lowest BCUT2D eigenvalue weighted by Crippen LogP contribution is -3.07. The van der Waals surface area contributed by atoms with Crippen LogP contribution in [0, 0.1) is 10.1 Å². The topological polar surface area (TPSA) is 109 Å². The molecule has 0 bridgehead atoms. The number of nitro benzene ring substituents is 1. The largest absolute Gasteiger partial charge is 0.378 e. The number of likely N-dealkylation sites (N-methyl/N-ethyl adjacent to an activating group) is 1. The van der Waals surface area contributed by atoms with E-state index >= 15 is 0 Å². The zero-order chi connectivity index (χ0) is 21.6. The zero-order valence-electron chi connectivity index (χ0n) is 16.9. The third kappa shape index (κ3) is 5.76. The number of hydrogen-bond donors (Lipinski definition) is 3. The number of nitrogens with one attached hydrogen (secondary N) is 3. The van der Waals surface area contributed by atoms with E-state index in [9.17, 15) is 19.7 Å². The number of anilines is 2. The number of carbonyl (C=O) groups is 2. The van der Waals surface area contributed by atoms with E-state index in [4.69, 9.17) is 0 Å². The number of quaternary nitrogens is 1. The summed E-state index contributed by atoms with van der Waals surface area (Å²) in [6, 6.07) is 13.6. The van der Waals surface area contributed by atoms with Gasteiger partial charge in [-0.05, 0) is 18.2 Å². The molecule has 0 aliphatic heterocycles. The van der Waals surface area contributed by atoms with Gasteiger partial charge in [-0.2, -0.15) is 0 Å². The van der Waals surface area contributed by atoms with Crippen LogP contribution >= 0.6 is 0 Å². The van der Waals surface area contributed by atoms with E-state index in [-0.39, 0.29) is 24.0 Å². The number of carbonyl (C=O) groups excluding carboxylic acids is 2. The molecule has 0 saturated carbocycles. The van der Waals surface area contributed by atoms with Gasteiger partial charge < -0.3 is 20.4 Å². The molecule has 0 radical (unpaired) electrons. The number of para-hydroxylation sites is 2. The Balaban J connectivity index is 2.03. The van der Waals surface area contributed by atoms with Crippen molar-refractivity contribution in [3.8, 4) is 0 Å². The predicted molar refractivity (Wildman–Crippen MR) is 111 cm³/mol. The van der Waals surface area contributed by atoms with Crippen molar-refractivity contribution in [1.29, 1.82) is 0 Å². The molecular formula is C20H26N5O4+. The van der Waals surface area contributed by atoms with Crippen LogP contribution in [-0.4, -0.2) is 51.5 Å². The second kappa shape index (κ2) is 9.65. The lowest BCUT2D eigenvalue weighted by molar-refractivity contribution is -0.890. The van der Waals surface area contributed by atoms with Crippen LogP contribution in [0.4, 0.5) is 17.1 Å². The Kier molecular flexibility index (Phi) is 7.27. The second-order valence-corrected chi connectivity index (χ2v) is 7.05. The molecule has 2 amide bonds. The molecule has 1 atom stereocenters. The lowest BCUT2D eigenvalue weighted by Gasteiger charge is -2.23. The van der Waals surface area contributed by atoms with Crippen LogP contribution in [0.25, 0.3) is 0 Å². The molecule has 3 N–H and O–H groups in total. The van der Waals surface area contributed by atoms with Gasteiger partial charge in [-0.25, -0.2) is 0 Å². The van der Waals surface area contributed by atoms with Crippen molar-refractivity contribution in [2.75, 3.05) is 45.0 Å². The van der Waals surface area contributed by atoms with Crippen LogP contribution in [0.5, 0.6) is 0 Å². The van der Waals surface area contributed by atoms with Gasteiger partial charge in [-0.1, -0.05) is 24.3 Å². The maximum absolute atomic E-state index is 12.2. The number of hydrogen-bond acceptors (Lipinski definition) is 5. The Bertz CT molecular complexity index is 881. The molecule has 0 heterocycles. The molecule has 154 valence electrons. The number of benzene rings is 2. The second-order valence-electron chi connectivity index (χ2n) is 7.05. The highest BCUT2D eigenvalue weighted by Gasteiger charge is 2.23. The summed E-state index contributed by atoms with van der Waals surface area (Å²) < 4.78 is 0. The first-order valence-electron chi connectivity index (χ1n) is 9.10. The fourth-order valence-electron chi connectivity index (χ4n) is 2.85. The van der Waals surface area contributed by atoms with Gasteiger partial charge in [-0.15, -0.1) is 0 Å². The zero-order valence-corrected chi connectivity index (χ0v) is 16.9. The van der Waals surface area contributed by atoms with Gasteiger partial charge in [0.2, 0.25) is 0 Å². The first-order chi connectivity index (χ1) is 13.7. The number of amides is 2. The molecule has 2 rings (SSSR count). The normalized spacial score (nSPS) is 11.6. The third-order valence-corrected chi connectivity index (χ3v) is 4.53. The minimum atomic E-state index is -0.949. The van der Waals surface area contributed by atoms with E-state index in [2.05, 4.69) is 10.6 Å². The van der Waals surface area contributed by atoms with Gasteiger partial charge >= 0.3 is 11.8 Å². The number of rotatable bonds is 7. The van der Waals surface area contributed by atoms with Gasteiger partial charge in [0.25, 0.3) is 5.69 Å². The van der Waals surface area contributed by atoms with Gasteiger partial charge in [0, 0.05) is 31.4 Å². The summed E-state index contributed by atoms with van der Waals surface area (Å²) in [4.78, 5) is 37.9. The smallest absolute Gasteiger partial charge is 0.313 e. The first-order valence-corrected chi connectivity index (χ1v) is 9.10. The number of nitro groups is 1. The summed E-state index contributed by atoms with van der Waals surface area (Å²) in [6.07, 6.45) is 0. The Hall–Kier alpha value is -3.46. The molecule has 0 unspecified atom stereocenters. The van der Waals surface area contributed by atoms with Gasteiger partial charge in [0.15, 0.2) is 0 Å². The van der Waals surface area contributed by atoms with E-state index in [1.165, 1.54) is 18.2 Å². The quantitative estimate of drug-likeness (QED) is 0.358. The molecule has 0 aromatic heterocycles. The van der Waals surface area contributed by atoms with E-state index < -0.39 is 16.7 Å². The van der Waals surface area contributed by atoms with Crippen LogP contribution < -0.4 is 20.4 Å². The average Bonchev–Trinajstić information content (AvgIpc) is 2.68. The van der Waals surface area contributed by atoms with Crippen LogP contribution in [0.1, 0.15) is 11.6 Å². The van der Waals surface area contributed by atoms with Gasteiger partial charge in [-0.3, -0.25) is 19.7 Å². The SMILES string of the molecule is CN(C)c1ccc([C@H](CNC(=O)C(=O)Nc2ccccc2[N+](=O)[O-])[NH+](C)C)cc1. The summed E-state index contributed by atoms with van der Waals surface area (Å²) in [5.41, 5.74) is 1.79. The fourth-order valence-corrected chi connectivity index (χ4v) is 2.85. The first kappa shape index (κ1) is 21.8. The van der Waals surface area contributed by atoms with Crippen LogP contribution in [0.3, 0.4) is 0 Å². The Morgan fingerprint density at radius 3 is 2.24 bits per heavy atom. The highest BCUT2D eigenvalue weighted by Crippen LogP contribution is 2.23. The van der Waals surface area contributed by atoms with E-state index in [0.717, 1.165) is 16.2 Å². The molecule has 0 aliphatic rings. The van der Waals surface area contributed by atoms with Crippen LogP contribution in [0.15, 0.2) is 48.5 Å². The molecule has 9 nitrogen and oxygen atoms in total. The minimum Gasteiger partial charge on any atom is -0.378 e. The Morgan fingerprint density at radius 1 is 1.07 bits per heavy atom. The monoisotopic (exact) mass is 400 g/mol. The molecule has 0 saturated heterocycles. The maximum Gasteiger partial charge on any atom is 0.313 e. The summed E-state index contributed by atoms with van der Waals surface area (Å²) in [5.74, 6) is -1.80. The molecule has 0 spiro atoms. The van der Waals surface area contributed by atoms with Crippen molar-refractivity contribution in [2.45, 2.75) is 6.04 Å². The molecule has 2 aromatic rings. The summed E-state index contributed by atoms with van der Waals surface area (Å²) in [7, 11) is 7.84. The Morgan fingerprint density at radius 2 is 1.69 bits per heavy atom. The maximum atomic E-state index is 12.2. The molecule has 2 aromatic carbocycles. The predicted octanol–water partition coefficient (Wildman–Crippen LogP) is 0.601. The van der Waals surface area contributed by atoms with Crippen LogP contribution in [-0.2, 0) is 9.59 Å². The fraction of sp³-hybridized carbons (Fsp3) is 0.300. The Labute approximate surface area is 169 Å². The molecule has 0 fully saturated rings.